The van der Waals surface area contributed by atoms with E-state index in [4.69, 9.17) is 18.9 Å². The molecule has 1 atom stereocenters. The number of guanidine groups is 1. The summed E-state index contributed by atoms with van der Waals surface area (Å²) in [4.78, 5) is 4.23. The summed E-state index contributed by atoms with van der Waals surface area (Å²) in [5.41, 5.74) is 1.55. The van der Waals surface area contributed by atoms with Crippen molar-refractivity contribution in [2.75, 3.05) is 34.0 Å². The summed E-state index contributed by atoms with van der Waals surface area (Å²) >= 11 is 0. The molecular formula is C22H28FN3O4. The first-order chi connectivity index (χ1) is 14.6. The Kier molecular flexibility index (Phi) is 7.73. The lowest BCUT2D eigenvalue weighted by Gasteiger charge is -2.21. The van der Waals surface area contributed by atoms with E-state index in [1.54, 1.807) is 14.2 Å². The highest BCUT2D eigenvalue weighted by molar-refractivity contribution is 5.79. The Labute approximate surface area is 176 Å². The minimum absolute atomic E-state index is 0.108. The fourth-order valence-corrected chi connectivity index (χ4v) is 3.19. The smallest absolute Gasteiger partial charge is 0.191 e. The summed E-state index contributed by atoms with van der Waals surface area (Å²) in [5, 5.41) is 6.47. The molecular weight excluding hydrogens is 389 g/mol. The number of benzene rings is 2. The number of aliphatic imine (C=N–C) groups is 1. The zero-order valence-electron chi connectivity index (χ0n) is 17.5. The SMILES string of the molecule is CN=C(NCCc1cc(F)cc2c1OCOC2)NCC(C)Oc1ccccc1OC. The molecule has 3 rings (SSSR count). The molecule has 0 radical (unpaired) electrons. The third kappa shape index (κ3) is 5.76. The average molecular weight is 417 g/mol. The summed E-state index contributed by atoms with van der Waals surface area (Å²) in [6.07, 6.45) is 0.483. The zero-order chi connectivity index (χ0) is 21.3. The molecule has 1 unspecified atom stereocenters. The van der Waals surface area contributed by atoms with Crippen LogP contribution in [0.25, 0.3) is 0 Å². The number of nitrogens with one attached hydrogen (secondary N) is 2. The molecule has 1 aliphatic rings. The third-order valence-electron chi connectivity index (χ3n) is 4.62. The van der Waals surface area contributed by atoms with E-state index in [9.17, 15) is 4.39 Å². The molecule has 0 aromatic heterocycles. The zero-order valence-corrected chi connectivity index (χ0v) is 17.5. The van der Waals surface area contributed by atoms with Gasteiger partial charge in [0.2, 0.25) is 0 Å². The number of para-hydroxylation sites is 2. The Morgan fingerprint density at radius 3 is 2.80 bits per heavy atom. The summed E-state index contributed by atoms with van der Waals surface area (Å²) in [7, 11) is 3.32. The highest BCUT2D eigenvalue weighted by atomic mass is 19.1. The third-order valence-corrected chi connectivity index (χ3v) is 4.62. The number of rotatable bonds is 8. The van der Waals surface area contributed by atoms with Crippen LogP contribution >= 0.6 is 0 Å². The second kappa shape index (κ2) is 10.7. The predicted octanol–water partition coefficient (Wildman–Crippen LogP) is 2.88. The van der Waals surface area contributed by atoms with E-state index in [-0.39, 0.29) is 18.7 Å². The molecule has 0 spiro atoms. The predicted molar refractivity (Wildman–Crippen MR) is 113 cm³/mol. The van der Waals surface area contributed by atoms with Crippen molar-refractivity contribution in [3.05, 3.63) is 53.3 Å². The maximum absolute atomic E-state index is 13.9. The van der Waals surface area contributed by atoms with Crippen LogP contribution in [-0.2, 0) is 17.8 Å². The molecule has 0 bridgehead atoms. The molecule has 0 saturated carbocycles. The van der Waals surface area contributed by atoms with Crippen LogP contribution in [0.5, 0.6) is 17.2 Å². The van der Waals surface area contributed by atoms with Gasteiger partial charge in [-0.3, -0.25) is 4.99 Å². The summed E-state index contributed by atoms with van der Waals surface area (Å²) in [6, 6.07) is 10.5. The number of fused-ring (bicyclic) bond motifs is 1. The van der Waals surface area contributed by atoms with Gasteiger partial charge in [-0.05, 0) is 43.2 Å². The molecule has 30 heavy (non-hydrogen) atoms. The van der Waals surface area contributed by atoms with Gasteiger partial charge in [-0.2, -0.15) is 0 Å². The topological polar surface area (TPSA) is 73.3 Å². The van der Waals surface area contributed by atoms with E-state index >= 15 is 0 Å². The molecule has 2 N–H and O–H groups in total. The Morgan fingerprint density at radius 2 is 2.03 bits per heavy atom. The number of nitrogens with zero attached hydrogens (tertiary/aromatic N) is 1. The van der Waals surface area contributed by atoms with Crippen LogP contribution in [0.2, 0.25) is 0 Å². The van der Waals surface area contributed by atoms with Gasteiger partial charge in [-0.15, -0.1) is 0 Å². The highest BCUT2D eigenvalue weighted by Crippen LogP contribution is 2.29. The number of hydrogen-bond acceptors (Lipinski definition) is 5. The first-order valence-corrected chi connectivity index (χ1v) is 9.86. The van der Waals surface area contributed by atoms with E-state index in [1.807, 2.05) is 31.2 Å². The Balaban J connectivity index is 1.48. The summed E-state index contributed by atoms with van der Waals surface area (Å²) < 4.78 is 35.9. The molecule has 0 aliphatic carbocycles. The summed E-state index contributed by atoms with van der Waals surface area (Å²) in [5.74, 6) is 2.45. The van der Waals surface area contributed by atoms with Crippen molar-refractivity contribution < 1.29 is 23.3 Å². The molecule has 0 amide bonds. The molecule has 2 aromatic carbocycles. The van der Waals surface area contributed by atoms with Gasteiger partial charge < -0.3 is 29.6 Å². The average Bonchev–Trinajstić information content (AvgIpc) is 2.76. The molecule has 1 heterocycles. The normalized spacial score (nSPS) is 14.3. The molecule has 162 valence electrons. The van der Waals surface area contributed by atoms with Crippen molar-refractivity contribution in [3.8, 4) is 17.2 Å². The van der Waals surface area contributed by atoms with Gasteiger partial charge >= 0.3 is 0 Å². The van der Waals surface area contributed by atoms with Crippen LogP contribution in [0.1, 0.15) is 18.1 Å². The molecule has 2 aromatic rings. The fraction of sp³-hybridized carbons (Fsp3) is 0.409. The van der Waals surface area contributed by atoms with Crippen LogP contribution in [0.3, 0.4) is 0 Å². The second-order valence-corrected chi connectivity index (χ2v) is 6.87. The Bertz CT molecular complexity index is 875. The number of halogens is 1. The monoisotopic (exact) mass is 417 g/mol. The maximum atomic E-state index is 13.9. The molecule has 7 nitrogen and oxygen atoms in total. The first-order valence-electron chi connectivity index (χ1n) is 9.86. The standard InChI is InChI=1S/C22H28FN3O4/c1-15(30-20-7-5-4-6-19(20)27-3)12-26-22(24-2)25-9-8-16-10-18(23)11-17-13-28-14-29-21(16)17/h4-7,10-11,15H,8-9,12-14H2,1-3H3,(H2,24,25,26). The van der Waals surface area contributed by atoms with Gasteiger partial charge in [0, 0.05) is 19.2 Å². The Hall–Kier alpha value is -3.00. The second-order valence-electron chi connectivity index (χ2n) is 6.87. The Morgan fingerprint density at radius 1 is 1.23 bits per heavy atom. The van der Waals surface area contributed by atoms with Crippen molar-refractivity contribution in [3.63, 3.8) is 0 Å². The maximum Gasteiger partial charge on any atom is 0.191 e. The largest absolute Gasteiger partial charge is 0.493 e. The number of ether oxygens (including phenoxy) is 4. The highest BCUT2D eigenvalue weighted by Gasteiger charge is 2.17. The van der Waals surface area contributed by atoms with E-state index in [1.165, 1.54) is 12.1 Å². The van der Waals surface area contributed by atoms with Gasteiger partial charge in [0.15, 0.2) is 24.3 Å². The molecule has 8 heteroatoms. The van der Waals surface area contributed by atoms with Gasteiger partial charge in [0.25, 0.3) is 0 Å². The number of hydrogen-bond donors (Lipinski definition) is 2. The molecule has 1 aliphatic heterocycles. The lowest BCUT2D eigenvalue weighted by molar-refractivity contribution is -0.0172. The van der Waals surface area contributed by atoms with Crippen molar-refractivity contribution in [1.29, 1.82) is 0 Å². The quantitative estimate of drug-likeness (QED) is 0.508. The lowest BCUT2D eigenvalue weighted by atomic mass is 10.1. The molecule has 0 fully saturated rings. The first kappa shape index (κ1) is 21.7. The van der Waals surface area contributed by atoms with Gasteiger partial charge in [-0.25, -0.2) is 4.39 Å². The van der Waals surface area contributed by atoms with Crippen molar-refractivity contribution in [2.24, 2.45) is 4.99 Å². The summed E-state index contributed by atoms with van der Waals surface area (Å²) in [6.45, 7) is 3.63. The fourth-order valence-electron chi connectivity index (χ4n) is 3.19. The number of methoxy groups -OCH3 is 1. The van der Waals surface area contributed by atoms with E-state index in [0.29, 0.717) is 49.3 Å². The van der Waals surface area contributed by atoms with E-state index in [2.05, 4.69) is 15.6 Å². The van der Waals surface area contributed by atoms with Crippen LogP contribution in [0.15, 0.2) is 41.4 Å². The van der Waals surface area contributed by atoms with Gasteiger partial charge in [0.1, 0.15) is 17.7 Å². The molecule has 0 saturated heterocycles. The van der Waals surface area contributed by atoms with E-state index < -0.39 is 0 Å². The minimum atomic E-state index is -0.289. The van der Waals surface area contributed by atoms with Crippen LogP contribution in [-0.4, -0.2) is 46.1 Å². The van der Waals surface area contributed by atoms with Crippen LogP contribution in [0.4, 0.5) is 4.39 Å². The van der Waals surface area contributed by atoms with E-state index in [0.717, 1.165) is 11.1 Å². The van der Waals surface area contributed by atoms with Crippen LogP contribution < -0.4 is 24.8 Å². The van der Waals surface area contributed by atoms with Crippen LogP contribution in [0, 0.1) is 5.82 Å². The van der Waals surface area contributed by atoms with Crippen molar-refractivity contribution in [1.82, 2.24) is 10.6 Å². The lowest BCUT2D eigenvalue weighted by Crippen LogP contribution is -2.42. The van der Waals surface area contributed by atoms with Gasteiger partial charge in [-0.1, -0.05) is 12.1 Å². The van der Waals surface area contributed by atoms with Crippen molar-refractivity contribution >= 4 is 5.96 Å². The van der Waals surface area contributed by atoms with Crippen molar-refractivity contribution in [2.45, 2.75) is 26.1 Å². The van der Waals surface area contributed by atoms with Gasteiger partial charge in [0.05, 0.1) is 20.3 Å². The minimum Gasteiger partial charge on any atom is -0.493 e.